The van der Waals surface area contributed by atoms with Crippen LogP contribution in [0.5, 0.6) is 11.5 Å². The number of hydrogen-bond acceptors (Lipinski definition) is 4. The minimum Gasteiger partial charge on any atom is -0.489 e. The predicted octanol–water partition coefficient (Wildman–Crippen LogP) is 3.11. The zero-order valence-corrected chi connectivity index (χ0v) is 14.5. The summed E-state index contributed by atoms with van der Waals surface area (Å²) in [6.45, 7) is 4.47. The maximum atomic E-state index is 6.36. The number of piperidine rings is 1. The third-order valence-corrected chi connectivity index (χ3v) is 4.51. The second-order valence-corrected chi connectivity index (χ2v) is 6.26. The van der Waals surface area contributed by atoms with E-state index in [1.165, 1.54) is 18.4 Å². The van der Waals surface area contributed by atoms with Crippen molar-refractivity contribution in [1.29, 1.82) is 0 Å². The topological polar surface area (TPSA) is 33.7 Å². The summed E-state index contributed by atoms with van der Waals surface area (Å²) in [4.78, 5) is 2.41. The van der Waals surface area contributed by atoms with Crippen LogP contribution in [0.4, 0.5) is 0 Å². The monoisotopic (exact) mass is 346 g/mol. The van der Waals surface area contributed by atoms with Crippen molar-refractivity contribution >= 4 is 24.0 Å². The summed E-state index contributed by atoms with van der Waals surface area (Å²) in [5.41, 5.74) is 1.19. The second kappa shape index (κ2) is 8.25. The highest BCUT2D eigenvalue weighted by Gasteiger charge is 2.20. The summed E-state index contributed by atoms with van der Waals surface area (Å²) >= 11 is 6.36. The van der Waals surface area contributed by atoms with Crippen LogP contribution in [0, 0.1) is 0 Å². The quantitative estimate of drug-likeness (QED) is 0.911. The lowest BCUT2D eigenvalue weighted by molar-refractivity contribution is 0.191. The summed E-state index contributed by atoms with van der Waals surface area (Å²) in [6, 6.07) is 4.72. The highest BCUT2D eigenvalue weighted by Crippen LogP contribution is 2.38. The summed E-state index contributed by atoms with van der Waals surface area (Å²) < 4.78 is 11.4. The minimum atomic E-state index is 0. The van der Waals surface area contributed by atoms with Crippen molar-refractivity contribution in [3.8, 4) is 11.5 Å². The molecule has 0 spiro atoms. The number of halogens is 2. The number of fused-ring (bicyclic) bond motifs is 1. The van der Waals surface area contributed by atoms with Crippen LogP contribution in [0.2, 0.25) is 5.02 Å². The molecule has 22 heavy (non-hydrogen) atoms. The van der Waals surface area contributed by atoms with E-state index in [2.05, 4.69) is 23.3 Å². The molecule has 3 rings (SSSR count). The van der Waals surface area contributed by atoms with Crippen LogP contribution in [0.25, 0.3) is 0 Å². The smallest absolute Gasteiger partial charge is 0.179 e. The lowest BCUT2D eigenvalue weighted by Crippen LogP contribution is -2.40. The fraction of sp³-hybridized carbons (Fsp3) is 0.625. The van der Waals surface area contributed by atoms with E-state index in [1.807, 2.05) is 6.07 Å². The van der Waals surface area contributed by atoms with Crippen molar-refractivity contribution in [3.63, 3.8) is 0 Å². The van der Waals surface area contributed by atoms with Crippen LogP contribution >= 0.6 is 24.0 Å². The van der Waals surface area contributed by atoms with Gasteiger partial charge >= 0.3 is 0 Å². The average molecular weight is 347 g/mol. The van der Waals surface area contributed by atoms with Crippen molar-refractivity contribution in [2.24, 2.45) is 0 Å². The molecule has 1 saturated heterocycles. The Morgan fingerprint density at radius 2 is 1.95 bits per heavy atom. The maximum Gasteiger partial charge on any atom is 0.179 e. The van der Waals surface area contributed by atoms with Crippen LogP contribution in [0.15, 0.2) is 12.1 Å². The third kappa shape index (κ3) is 4.19. The van der Waals surface area contributed by atoms with Crippen LogP contribution in [0.1, 0.15) is 24.8 Å². The maximum absolute atomic E-state index is 6.36. The van der Waals surface area contributed by atoms with Gasteiger partial charge in [-0.15, -0.1) is 12.4 Å². The van der Waals surface area contributed by atoms with E-state index in [9.17, 15) is 0 Å². The molecule has 2 aliphatic rings. The summed E-state index contributed by atoms with van der Waals surface area (Å²) in [5, 5.41) is 4.06. The van der Waals surface area contributed by atoms with Gasteiger partial charge in [-0.1, -0.05) is 11.6 Å². The summed E-state index contributed by atoms with van der Waals surface area (Å²) in [5.74, 6) is 1.48. The Bertz CT molecular complexity index is 493. The number of nitrogens with one attached hydrogen (secondary N) is 1. The lowest BCUT2D eigenvalue weighted by atomic mass is 10.0. The van der Waals surface area contributed by atoms with Gasteiger partial charge in [-0.3, -0.25) is 4.90 Å². The Hall–Kier alpha value is -0.680. The number of ether oxygens (including phenoxy) is 2. The van der Waals surface area contributed by atoms with Gasteiger partial charge in [-0.25, -0.2) is 0 Å². The largest absolute Gasteiger partial charge is 0.489 e. The first-order valence-electron chi connectivity index (χ1n) is 7.73. The molecule has 0 aromatic heterocycles. The first-order chi connectivity index (χ1) is 10.2. The predicted molar refractivity (Wildman–Crippen MR) is 91.7 cm³/mol. The van der Waals surface area contributed by atoms with Gasteiger partial charge in [0.1, 0.15) is 0 Å². The molecular formula is C16H24Cl2N2O2. The van der Waals surface area contributed by atoms with Gasteiger partial charge < -0.3 is 14.8 Å². The average Bonchev–Trinajstić information content (AvgIpc) is 2.74. The van der Waals surface area contributed by atoms with Gasteiger partial charge in [0.2, 0.25) is 0 Å². The first-order valence-corrected chi connectivity index (χ1v) is 8.11. The van der Waals surface area contributed by atoms with Crippen molar-refractivity contribution < 1.29 is 9.47 Å². The molecule has 0 saturated carbocycles. The molecule has 1 aromatic rings. The molecule has 0 unspecified atom stereocenters. The van der Waals surface area contributed by atoms with E-state index in [-0.39, 0.29) is 12.4 Å². The summed E-state index contributed by atoms with van der Waals surface area (Å²) in [6.07, 6.45) is 3.30. The highest BCUT2D eigenvalue weighted by atomic mass is 35.5. The Morgan fingerprint density at radius 3 is 2.73 bits per heavy atom. The lowest BCUT2D eigenvalue weighted by Gasteiger charge is -2.31. The van der Waals surface area contributed by atoms with Gasteiger partial charge in [0, 0.05) is 19.0 Å². The number of benzene rings is 1. The Kier molecular flexibility index (Phi) is 6.63. The first kappa shape index (κ1) is 17.7. The van der Waals surface area contributed by atoms with Gasteiger partial charge in [0.05, 0.1) is 18.2 Å². The molecule has 4 nitrogen and oxygen atoms in total. The zero-order valence-electron chi connectivity index (χ0n) is 12.9. The molecule has 0 atom stereocenters. The van der Waals surface area contributed by atoms with Crippen LogP contribution in [-0.4, -0.2) is 44.3 Å². The van der Waals surface area contributed by atoms with Crippen LogP contribution < -0.4 is 14.8 Å². The fourth-order valence-electron chi connectivity index (χ4n) is 3.04. The molecule has 0 radical (unpaired) electrons. The van der Waals surface area contributed by atoms with E-state index in [0.29, 0.717) is 30.0 Å². The van der Waals surface area contributed by atoms with E-state index in [4.69, 9.17) is 21.1 Å². The molecular weight excluding hydrogens is 323 g/mol. The van der Waals surface area contributed by atoms with E-state index in [1.54, 1.807) is 0 Å². The number of hydrogen-bond donors (Lipinski definition) is 1. The zero-order chi connectivity index (χ0) is 14.7. The molecule has 1 fully saturated rings. The van der Waals surface area contributed by atoms with Crippen molar-refractivity contribution in [2.75, 3.05) is 33.4 Å². The molecule has 0 amide bonds. The molecule has 0 aliphatic carbocycles. The van der Waals surface area contributed by atoms with Crippen molar-refractivity contribution in [1.82, 2.24) is 10.2 Å². The standard InChI is InChI=1S/C16H23ClN2O2.ClH/c1-19(13-3-5-18-6-4-13)11-12-9-14(17)16-15(10-12)20-7-2-8-21-16;/h9-10,13,18H,2-8,11H2,1H3;1H. The number of nitrogens with zero attached hydrogens (tertiary/aromatic N) is 1. The highest BCUT2D eigenvalue weighted by molar-refractivity contribution is 6.32. The van der Waals surface area contributed by atoms with Gasteiger partial charge in [-0.2, -0.15) is 0 Å². The van der Waals surface area contributed by atoms with Gasteiger partial charge in [0.25, 0.3) is 0 Å². The van der Waals surface area contributed by atoms with Crippen LogP contribution in [-0.2, 0) is 6.54 Å². The van der Waals surface area contributed by atoms with Crippen molar-refractivity contribution in [2.45, 2.75) is 31.8 Å². The molecule has 2 heterocycles. The van der Waals surface area contributed by atoms with E-state index < -0.39 is 0 Å². The molecule has 1 N–H and O–H groups in total. The van der Waals surface area contributed by atoms with E-state index in [0.717, 1.165) is 31.8 Å². The second-order valence-electron chi connectivity index (χ2n) is 5.85. The van der Waals surface area contributed by atoms with Crippen molar-refractivity contribution in [3.05, 3.63) is 22.7 Å². The molecule has 2 aliphatic heterocycles. The SMILES string of the molecule is CN(Cc1cc(Cl)c2c(c1)OCCCO2)C1CCNCC1.Cl. The summed E-state index contributed by atoms with van der Waals surface area (Å²) in [7, 11) is 2.19. The molecule has 0 bridgehead atoms. The Labute approximate surface area is 143 Å². The minimum absolute atomic E-state index is 0. The third-order valence-electron chi connectivity index (χ3n) is 4.23. The van der Waals surface area contributed by atoms with E-state index >= 15 is 0 Å². The Morgan fingerprint density at radius 1 is 1.23 bits per heavy atom. The molecule has 124 valence electrons. The molecule has 6 heteroatoms. The van der Waals surface area contributed by atoms with Gasteiger partial charge in [0.15, 0.2) is 11.5 Å². The van der Waals surface area contributed by atoms with Gasteiger partial charge in [-0.05, 0) is 50.7 Å². The Balaban J connectivity index is 0.00000176. The normalized spacial score (nSPS) is 18.7. The number of rotatable bonds is 3. The van der Waals surface area contributed by atoms with Crippen LogP contribution in [0.3, 0.4) is 0 Å². The molecule has 1 aromatic carbocycles. The fourth-order valence-corrected chi connectivity index (χ4v) is 3.33.